The Bertz CT molecular complexity index is 382. The third kappa shape index (κ3) is 3.18. The maximum absolute atomic E-state index is 12.0. The van der Waals surface area contributed by atoms with Crippen molar-refractivity contribution >= 4 is 11.7 Å². The van der Waals surface area contributed by atoms with E-state index in [1.165, 1.54) is 0 Å². The fraction of sp³-hybridized carbons (Fsp3) is 0.615. The number of rotatable bonds is 4. The van der Waals surface area contributed by atoms with Crippen LogP contribution in [0.5, 0.6) is 0 Å². The maximum Gasteiger partial charge on any atom is 0.224 e. The Morgan fingerprint density at radius 2 is 2.44 bits per heavy atom. The van der Waals surface area contributed by atoms with Gasteiger partial charge >= 0.3 is 0 Å². The van der Waals surface area contributed by atoms with E-state index in [9.17, 15) is 4.79 Å². The number of amides is 1. The van der Waals surface area contributed by atoms with Gasteiger partial charge in [0.15, 0.2) is 0 Å². The molecule has 1 aliphatic rings. The monoisotopic (exact) mass is 248 g/mol. The van der Waals surface area contributed by atoms with Gasteiger partial charge in [-0.05, 0) is 19.3 Å². The minimum Gasteiger partial charge on any atom is -0.356 e. The number of carbonyl (C=O) groups excluding carboxylic acids is 1. The third-order valence-corrected chi connectivity index (χ3v) is 3.21. The van der Waals surface area contributed by atoms with E-state index in [1.54, 1.807) is 18.6 Å². The summed E-state index contributed by atoms with van der Waals surface area (Å²) < 4.78 is 0. The van der Waals surface area contributed by atoms with Crippen molar-refractivity contribution in [2.75, 3.05) is 24.5 Å². The van der Waals surface area contributed by atoms with Crippen molar-refractivity contribution < 1.29 is 4.79 Å². The summed E-state index contributed by atoms with van der Waals surface area (Å²) in [5, 5.41) is 2.97. The molecule has 2 rings (SSSR count). The summed E-state index contributed by atoms with van der Waals surface area (Å²) in [6.45, 7) is 4.53. The molecule has 1 fully saturated rings. The van der Waals surface area contributed by atoms with Crippen LogP contribution in [-0.2, 0) is 4.79 Å². The maximum atomic E-state index is 12.0. The molecule has 0 saturated carbocycles. The molecule has 1 N–H and O–H groups in total. The summed E-state index contributed by atoms with van der Waals surface area (Å²) in [7, 11) is 0. The molecule has 5 heteroatoms. The summed E-state index contributed by atoms with van der Waals surface area (Å²) in [6.07, 6.45) is 8.08. The van der Waals surface area contributed by atoms with Gasteiger partial charge in [-0.1, -0.05) is 6.92 Å². The zero-order valence-electron chi connectivity index (χ0n) is 10.8. The highest BCUT2D eigenvalue weighted by atomic mass is 16.1. The van der Waals surface area contributed by atoms with E-state index < -0.39 is 0 Å². The van der Waals surface area contributed by atoms with Crippen molar-refractivity contribution in [1.29, 1.82) is 0 Å². The van der Waals surface area contributed by atoms with Gasteiger partial charge in [-0.2, -0.15) is 0 Å². The fourth-order valence-corrected chi connectivity index (χ4v) is 2.25. The number of hydrogen-bond acceptors (Lipinski definition) is 4. The highest BCUT2D eigenvalue weighted by Gasteiger charge is 2.26. The Kier molecular flexibility index (Phi) is 4.50. The highest BCUT2D eigenvalue weighted by molar-refractivity contribution is 5.79. The Labute approximate surface area is 108 Å². The second-order valence-electron chi connectivity index (χ2n) is 4.64. The molecule has 0 bridgehead atoms. The summed E-state index contributed by atoms with van der Waals surface area (Å²) >= 11 is 0. The number of piperidine rings is 1. The van der Waals surface area contributed by atoms with Crippen LogP contribution in [0.3, 0.4) is 0 Å². The van der Waals surface area contributed by atoms with Crippen molar-refractivity contribution in [3.63, 3.8) is 0 Å². The molecular formula is C13H20N4O. The average molecular weight is 248 g/mol. The quantitative estimate of drug-likeness (QED) is 0.870. The van der Waals surface area contributed by atoms with Gasteiger partial charge in [0.1, 0.15) is 5.82 Å². The SMILES string of the molecule is CCCNC(=O)[C@@H]1CCCN(c2cnccn2)C1. The molecule has 1 atom stereocenters. The lowest BCUT2D eigenvalue weighted by molar-refractivity contribution is -0.125. The average Bonchev–Trinajstić information content (AvgIpc) is 2.46. The fourth-order valence-electron chi connectivity index (χ4n) is 2.25. The number of hydrogen-bond donors (Lipinski definition) is 1. The predicted octanol–water partition coefficient (Wildman–Crippen LogP) is 1.22. The second-order valence-corrected chi connectivity index (χ2v) is 4.64. The van der Waals surface area contributed by atoms with Crippen molar-refractivity contribution in [2.45, 2.75) is 26.2 Å². The standard InChI is InChI=1S/C13H20N4O/c1-2-5-16-13(18)11-4-3-8-17(10-11)12-9-14-6-7-15-12/h6-7,9,11H,2-5,8,10H2,1H3,(H,16,18)/t11-/m1/s1. The van der Waals surface area contributed by atoms with Crippen LogP contribution in [0.15, 0.2) is 18.6 Å². The van der Waals surface area contributed by atoms with E-state index in [-0.39, 0.29) is 11.8 Å². The molecule has 1 amide bonds. The first-order valence-corrected chi connectivity index (χ1v) is 6.60. The first-order chi connectivity index (χ1) is 8.81. The summed E-state index contributed by atoms with van der Waals surface area (Å²) in [6, 6.07) is 0. The molecule has 1 aromatic heterocycles. The predicted molar refractivity (Wildman–Crippen MR) is 70.3 cm³/mol. The number of carbonyl (C=O) groups is 1. The van der Waals surface area contributed by atoms with Crippen LogP contribution < -0.4 is 10.2 Å². The van der Waals surface area contributed by atoms with E-state index >= 15 is 0 Å². The van der Waals surface area contributed by atoms with Gasteiger partial charge in [0.25, 0.3) is 0 Å². The summed E-state index contributed by atoms with van der Waals surface area (Å²) in [5.74, 6) is 1.11. The van der Waals surface area contributed by atoms with Gasteiger partial charge in [-0.3, -0.25) is 9.78 Å². The third-order valence-electron chi connectivity index (χ3n) is 3.21. The Morgan fingerprint density at radius 1 is 1.56 bits per heavy atom. The van der Waals surface area contributed by atoms with Crippen molar-refractivity contribution in [3.05, 3.63) is 18.6 Å². The number of anilines is 1. The van der Waals surface area contributed by atoms with Crippen molar-refractivity contribution in [1.82, 2.24) is 15.3 Å². The summed E-state index contributed by atoms with van der Waals surface area (Å²) in [4.78, 5) is 22.5. The van der Waals surface area contributed by atoms with Crippen molar-refractivity contribution in [3.8, 4) is 0 Å². The van der Waals surface area contributed by atoms with Crippen LogP contribution in [0.25, 0.3) is 0 Å². The number of nitrogens with one attached hydrogen (secondary N) is 1. The largest absolute Gasteiger partial charge is 0.356 e. The zero-order chi connectivity index (χ0) is 12.8. The molecule has 1 aromatic rings. The molecular weight excluding hydrogens is 228 g/mol. The molecule has 0 spiro atoms. The topological polar surface area (TPSA) is 58.1 Å². The minimum atomic E-state index is 0.0762. The first-order valence-electron chi connectivity index (χ1n) is 6.60. The Morgan fingerprint density at radius 3 is 3.17 bits per heavy atom. The highest BCUT2D eigenvalue weighted by Crippen LogP contribution is 2.20. The van der Waals surface area contributed by atoms with E-state index in [4.69, 9.17) is 0 Å². The molecule has 5 nitrogen and oxygen atoms in total. The molecule has 1 aliphatic heterocycles. The minimum absolute atomic E-state index is 0.0762. The van der Waals surface area contributed by atoms with Crippen LogP contribution in [0.2, 0.25) is 0 Å². The lowest BCUT2D eigenvalue weighted by Crippen LogP contribution is -2.43. The van der Waals surface area contributed by atoms with Gasteiger partial charge in [-0.15, -0.1) is 0 Å². The van der Waals surface area contributed by atoms with Crippen molar-refractivity contribution in [2.24, 2.45) is 5.92 Å². The number of nitrogens with zero attached hydrogens (tertiary/aromatic N) is 3. The molecule has 1 saturated heterocycles. The van der Waals surface area contributed by atoms with Crippen LogP contribution in [-0.4, -0.2) is 35.5 Å². The molecule has 2 heterocycles. The zero-order valence-corrected chi connectivity index (χ0v) is 10.8. The number of aromatic nitrogens is 2. The Balaban J connectivity index is 1.94. The van der Waals surface area contributed by atoms with Gasteiger partial charge in [-0.25, -0.2) is 4.98 Å². The van der Waals surface area contributed by atoms with E-state index in [2.05, 4.69) is 27.1 Å². The van der Waals surface area contributed by atoms with Gasteiger partial charge < -0.3 is 10.2 Å². The molecule has 18 heavy (non-hydrogen) atoms. The molecule has 98 valence electrons. The molecule has 0 aliphatic carbocycles. The lowest BCUT2D eigenvalue weighted by atomic mass is 9.97. The first kappa shape index (κ1) is 12.8. The molecule has 0 unspecified atom stereocenters. The van der Waals surface area contributed by atoms with Gasteiger partial charge in [0.05, 0.1) is 12.1 Å². The second kappa shape index (κ2) is 6.33. The van der Waals surface area contributed by atoms with Gasteiger partial charge in [0, 0.05) is 32.0 Å². The van der Waals surface area contributed by atoms with E-state index in [0.29, 0.717) is 0 Å². The Hall–Kier alpha value is -1.65. The lowest BCUT2D eigenvalue weighted by Gasteiger charge is -2.32. The van der Waals surface area contributed by atoms with Crippen LogP contribution in [0, 0.1) is 5.92 Å². The smallest absolute Gasteiger partial charge is 0.224 e. The molecule has 0 aromatic carbocycles. The van der Waals surface area contributed by atoms with Crippen LogP contribution >= 0.6 is 0 Å². The van der Waals surface area contributed by atoms with Crippen LogP contribution in [0.1, 0.15) is 26.2 Å². The van der Waals surface area contributed by atoms with E-state index in [0.717, 1.165) is 44.7 Å². The molecule has 0 radical (unpaired) electrons. The van der Waals surface area contributed by atoms with Crippen LogP contribution in [0.4, 0.5) is 5.82 Å². The van der Waals surface area contributed by atoms with Gasteiger partial charge in [0.2, 0.25) is 5.91 Å². The summed E-state index contributed by atoms with van der Waals surface area (Å²) in [5.41, 5.74) is 0. The normalized spacial score (nSPS) is 19.6. The van der Waals surface area contributed by atoms with E-state index in [1.807, 2.05) is 0 Å².